The maximum atomic E-state index is 15.3. The van der Waals surface area contributed by atoms with Gasteiger partial charge in [-0.2, -0.15) is 0 Å². The molecule has 0 radical (unpaired) electrons. The molecule has 9 heteroatoms. The Labute approximate surface area is 312 Å². The first-order valence-electron chi connectivity index (χ1n) is 16.9. The maximum absolute atomic E-state index is 15.3. The second kappa shape index (κ2) is 12.9. The number of rotatable bonds is 6. The highest BCUT2D eigenvalue weighted by Crippen LogP contribution is 2.65. The lowest BCUT2D eigenvalue weighted by atomic mass is 9.44. The zero-order chi connectivity index (χ0) is 35.6. The van der Waals surface area contributed by atoms with Crippen LogP contribution in [0.1, 0.15) is 41.0 Å². The zero-order valence-corrected chi connectivity index (χ0v) is 30.8. The van der Waals surface area contributed by atoms with Crippen LogP contribution in [0.3, 0.4) is 0 Å². The minimum Gasteiger partial charge on any atom is -0.503 e. The van der Waals surface area contributed by atoms with Crippen LogP contribution in [0.25, 0.3) is 5.57 Å². The van der Waals surface area contributed by atoms with Gasteiger partial charge in [-0.15, -0.1) is 0 Å². The van der Waals surface area contributed by atoms with E-state index in [0.29, 0.717) is 37.6 Å². The van der Waals surface area contributed by atoms with Crippen LogP contribution in [0.4, 0.5) is 0 Å². The number of benzene rings is 4. The second-order valence-electron chi connectivity index (χ2n) is 13.7. The second-order valence-corrected chi connectivity index (χ2v) is 15.3. The Bertz CT molecular complexity index is 2170. The fourth-order valence-corrected chi connectivity index (χ4v) is 10.1. The Morgan fingerprint density at radius 3 is 2.16 bits per heavy atom. The van der Waals surface area contributed by atoms with Crippen molar-refractivity contribution in [3.63, 3.8) is 0 Å². The van der Waals surface area contributed by atoms with Gasteiger partial charge in [0.1, 0.15) is 0 Å². The molecule has 6 atom stereocenters. The summed E-state index contributed by atoms with van der Waals surface area (Å²) in [5.74, 6) is -4.25. The van der Waals surface area contributed by atoms with E-state index in [-0.39, 0.29) is 47.8 Å². The molecule has 8 rings (SSSR count). The molecule has 3 aliphatic carbocycles. The average Bonchev–Trinajstić information content (AvgIpc) is 3.40. The van der Waals surface area contributed by atoms with Gasteiger partial charge in [0.05, 0.1) is 35.4 Å². The fraction of sp³-hybridized carbons (Fsp3) is 0.238. The van der Waals surface area contributed by atoms with Crippen LogP contribution in [0.15, 0.2) is 124 Å². The van der Waals surface area contributed by atoms with Crippen LogP contribution in [0, 0.1) is 23.7 Å². The number of allylic oxidation sites excluding steroid dienone is 4. The normalized spacial score (nSPS) is 27.0. The number of hydrogen-bond acceptors (Lipinski definition) is 6. The van der Waals surface area contributed by atoms with E-state index in [4.69, 9.17) is 4.74 Å². The van der Waals surface area contributed by atoms with Crippen molar-refractivity contribution in [3.8, 4) is 11.5 Å². The quantitative estimate of drug-likeness (QED) is 0.157. The number of halogens is 2. The number of fused-ring (bicyclic) bond motifs is 4. The van der Waals surface area contributed by atoms with Crippen molar-refractivity contribution in [2.45, 2.75) is 30.7 Å². The van der Waals surface area contributed by atoms with Gasteiger partial charge in [-0.05, 0) is 85.0 Å². The van der Waals surface area contributed by atoms with E-state index in [2.05, 4.69) is 31.9 Å². The topological polar surface area (TPSA) is 101 Å². The maximum Gasteiger partial charge on any atom is 0.234 e. The number of aromatic hydroxyl groups is 1. The smallest absolute Gasteiger partial charge is 0.234 e. The van der Waals surface area contributed by atoms with E-state index in [1.54, 1.807) is 6.07 Å². The minimum absolute atomic E-state index is 0.117. The standard InChI is InChI=1S/C42H33Br2NO6/c1-51-32-20-30(36(43)37(44)39(32)48)35-26-17-18-27-34(41(50)45(40(27)49)22-23-11-5-2-6-12-23)29(26)19-31-38(47)28(24-13-7-3-8-14-24)21-33(46)42(31,35)25-15-9-4-10-16-25/h2-17,20-21,27,29,31,34-35,48H,18-19,22H2,1H3/t27-,29+,31-,34-,35+,42-/m0/s1. The fourth-order valence-electron chi connectivity index (χ4n) is 9.18. The van der Waals surface area contributed by atoms with Gasteiger partial charge >= 0.3 is 0 Å². The van der Waals surface area contributed by atoms with Crippen molar-refractivity contribution < 1.29 is 29.0 Å². The number of phenolic OH excluding ortho intramolecular Hbond substituents is 1. The number of imide groups is 1. The highest BCUT2D eigenvalue weighted by molar-refractivity contribution is 9.13. The van der Waals surface area contributed by atoms with Crippen LogP contribution in [0.2, 0.25) is 0 Å². The van der Waals surface area contributed by atoms with Crippen LogP contribution in [-0.2, 0) is 31.1 Å². The number of likely N-dealkylation sites (tertiary alicyclic amines) is 1. The summed E-state index contributed by atoms with van der Waals surface area (Å²) in [4.78, 5) is 60.3. The molecule has 1 heterocycles. The summed E-state index contributed by atoms with van der Waals surface area (Å²) in [5.41, 5.74) is 2.55. The Hall–Kier alpha value is -4.60. The number of hydrogen-bond donors (Lipinski definition) is 1. The minimum atomic E-state index is -1.41. The number of carbonyl (C=O) groups excluding carboxylic acids is 4. The lowest BCUT2D eigenvalue weighted by Gasteiger charge is -2.55. The van der Waals surface area contributed by atoms with Crippen molar-refractivity contribution in [2.24, 2.45) is 23.7 Å². The Balaban J connectivity index is 1.38. The molecule has 0 bridgehead atoms. The largest absolute Gasteiger partial charge is 0.503 e. The third-order valence-electron chi connectivity index (χ3n) is 11.4. The highest BCUT2D eigenvalue weighted by Gasteiger charge is 2.66. The molecule has 4 aromatic carbocycles. The Kier molecular flexibility index (Phi) is 8.46. The first-order valence-corrected chi connectivity index (χ1v) is 18.5. The summed E-state index contributed by atoms with van der Waals surface area (Å²) in [7, 11) is 1.46. The van der Waals surface area contributed by atoms with Gasteiger partial charge in [0.2, 0.25) is 11.8 Å². The molecule has 0 spiro atoms. The van der Waals surface area contributed by atoms with Gasteiger partial charge in [0, 0.05) is 21.9 Å². The summed E-state index contributed by atoms with van der Waals surface area (Å²) in [5, 5.41) is 11.0. The number of ketones is 2. The van der Waals surface area contributed by atoms with Crippen LogP contribution in [-0.4, -0.2) is 40.5 Å². The molecule has 4 aromatic rings. The van der Waals surface area contributed by atoms with E-state index in [1.165, 1.54) is 18.1 Å². The summed E-state index contributed by atoms with van der Waals surface area (Å²) < 4.78 is 6.47. The van der Waals surface area contributed by atoms with Gasteiger partial charge in [-0.25, -0.2) is 0 Å². The van der Waals surface area contributed by atoms with Gasteiger partial charge in [-0.3, -0.25) is 24.1 Å². The highest BCUT2D eigenvalue weighted by atomic mass is 79.9. The molecule has 7 nitrogen and oxygen atoms in total. The summed E-state index contributed by atoms with van der Waals surface area (Å²) in [6.45, 7) is 0.167. The number of methoxy groups -OCH3 is 1. The van der Waals surface area contributed by atoms with E-state index in [9.17, 15) is 14.7 Å². The molecule has 1 N–H and O–H groups in total. The van der Waals surface area contributed by atoms with E-state index in [0.717, 1.165) is 11.1 Å². The number of carbonyl (C=O) groups is 4. The van der Waals surface area contributed by atoms with Gasteiger partial charge in [0.15, 0.2) is 23.1 Å². The van der Waals surface area contributed by atoms with Crippen molar-refractivity contribution in [2.75, 3.05) is 7.11 Å². The van der Waals surface area contributed by atoms with Crippen LogP contribution >= 0.6 is 31.9 Å². The number of Topliss-reactive ketones (excluding diaryl/α,β-unsaturated/α-hetero) is 1. The van der Waals surface area contributed by atoms with Crippen LogP contribution in [0.5, 0.6) is 11.5 Å². The van der Waals surface area contributed by atoms with Crippen molar-refractivity contribution in [1.29, 1.82) is 0 Å². The lowest BCUT2D eigenvalue weighted by Crippen LogP contribution is -2.59. The summed E-state index contributed by atoms with van der Waals surface area (Å²) in [6, 6.07) is 29.8. The molecule has 1 aliphatic heterocycles. The SMILES string of the molecule is COc1cc([C@H]2C3=CC[C@@H]4C(=O)N(Cc5ccccc5)C(=O)[C@@H]4[C@@H]3C[C@H]3C(=O)C(c4ccccc4)=CC(=O)[C@@]23c2ccccc2)c(Br)c(Br)c1O. The van der Waals surface area contributed by atoms with Gasteiger partial charge in [-0.1, -0.05) is 103 Å². The van der Waals surface area contributed by atoms with E-state index in [1.807, 2.05) is 97.1 Å². The third kappa shape index (κ3) is 5.03. The van der Waals surface area contributed by atoms with Crippen LogP contribution < -0.4 is 4.74 Å². The predicted octanol–water partition coefficient (Wildman–Crippen LogP) is 7.95. The number of amides is 2. The third-order valence-corrected chi connectivity index (χ3v) is 13.5. The Morgan fingerprint density at radius 2 is 1.49 bits per heavy atom. The van der Waals surface area contributed by atoms with E-state index < -0.39 is 35.0 Å². The number of nitrogens with zero attached hydrogens (tertiary/aromatic N) is 1. The first kappa shape index (κ1) is 33.5. The molecular formula is C42H33Br2NO6. The van der Waals surface area contributed by atoms with E-state index >= 15 is 9.59 Å². The van der Waals surface area contributed by atoms with Gasteiger partial charge < -0.3 is 9.84 Å². The van der Waals surface area contributed by atoms with Crippen molar-refractivity contribution in [1.82, 2.24) is 4.90 Å². The molecular weight excluding hydrogens is 774 g/mol. The molecule has 256 valence electrons. The predicted molar refractivity (Wildman–Crippen MR) is 199 cm³/mol. The molecule has 4 aliphatic rings. The van der Waals surface area contributed by atoms with Gasteiger partial charge in [0.25, 0.3) is 0 Å². The molecule has 2 fully saturated rings. The molecule has 1 saturated carbocycles. The first-order chi connectivity index (χ1) is 24.7. The molecule has 51 heavy (non-hydrogen) atoms. The lowest BCUT2D eigenvalue weighted by molar-refractivity contribution is -0.141. The summed E-state index contributed by atoms with van der Waals surface area (Å²) in [6.07, 6.45) is 4.05. The number of phenols is 1. The monoisotopic (exact) mass is 805 g/mol. The summed E-state index contributed by atoms with van der Waals surface area (Å²) >= 11 is 7.28. The number of ether oxygens (including phenoxy) is 1. The molecule has 1 saturated heterocycles. The zero-order valence-electron chi connectivity index (χ0n) is 27.6. The molecule has 2 amide bonds. The molecule has 0 unspecified atom stereocenters. The Morgan fingerprint density at radius 1 is 0.843 bits per heavy atom. The van der Waals surface area contributed by atoms with Crippen molar-refractivity contribution in [3.05, 3.63) is 146 Å². The average molecular weight is 808 g/mol. The molecule has 0 aromatic heterocycles. The van der Waals surface area contributed by atoms with Crippen molar-refractivity contribution >= 4 is 60.8 Å².